The van der Waals surface area contributed by atoms with Gasteiger partial charge in [-0.05, 0) is 12.3 Å². The maximum atomic E-state index is 12.5. The third kappa shape index (κ3) is 3.80. The molecule has 16 heavy (non-hydrogen) atoms. The van der Waals surface area contributed by atoms with Gasteiger partial charge >= 0.3 is 5.97 Å². The Bertz CT molecular complexity index is 354. The molecule has 0 saturated carbocycles. The molecule has 88 valence electrons. The minimum atomic E-state index is -0.971. The highest BCUT2D eigenvalue weighted by Gasteiger charge is 2.19. The standard InChI is InChI=1S/C10H14FN3O2/c1-6(2)3-8(9(15)16)14-10-12-4-7(11)5-13-10/h4-6,8H,3H2,1-2H3,(H,15,16)(H,12,13,14)/t8-/m0/s1. The molecule has 0 amide bonds. The van der Waals surface area contributed by atoms with E-state index in [0.717, 1.165) is 12.4 Å². The van der Waals surface area contributed by atoms with Crippen LogP contribution in [0.3, 0.4) is 0 Å². The number of halogens is 1. The average Bonchev–Trinajstić information content (AvgIpc) is 2.19. The van der Waals surface area contributed by atoms with Crippen LogP contribution in [0.2, 0.25) is 0 Å². The van der Waals surface area contributed by atoms with E-state index >= 15 is 0 Å². The van der Waals surface area contributed by atoms with Gasteiger partial charge in [0.2, 0.25) is 5.95 Å². The third-order valence-electron chi connectivity index (χ3n) is 1.93. The number of aliphatic carboxylic acids is 1. The molecule has 1 atom stereocenters. The molecule has 0 fully saturated rings. The second-order valence-electron chi connectivity index (χ2n) is 3.89. The van der Waals surface area contributed by atoms with Gasteiger partial charge in [-0.1, -0.05) is 13.8 Å². The summed E-state index contributed by atoms with van der Waals surface area (Å²) in [4.78, 5) is 18.2. The molecule has 5 nitrogen and oxygen atoms in total. The van der Waals surface area contributed by atoms with E-state index in [-0.39, 0.29) is 11.9 Å². The number of carbonyl (C=O) groups is 1. The summed E-state index contributed by atoms with van der Waals surface area (Å²) in [6, 6.07) is -0.759. The van der Waals surface area contributed by atoms with Crippen LogP contribution in [0.25, 0.3) is 0 Å². The number of nitrogens with zero attached hydrogens (tertiary/aromatic N) is 2. The van der Waals surface area contributed by atoms with Crippen molar-refractivity contribution in [2.24, 2.45) is 5.92 Å². The fourth-order valence-corrected chi connectivity index (χ4v) is 1.24. The number of carboxylic acids is 1. The second-order valence-corrected chi connectivity index (χ2v) is 3.89. The van der Waals surface area contributed by atoms with E-state index in [1.54, 1.807) is 0 Å². The van der Waals surface area contributed by atoms with Crippen molar-refractivity contribution in [1.29, 1.82) is 0 Å². The number of rotatable bonds is 5. The van der Waals surface area contributed by atoms with Crippen LogP contribution >= 0.6 is 0 Å². The van der Waals surface area contributed by atoms with Crippen molar-refractivity contribution >= 4 is 11.9 Å². The SMILES string of the molecule is CC(C)C[C@H](Nc1ncc(F)cn1)C(=O)O. The second kappa shape index (κ2) is 5.39. The van der Waals surface area contributed by atoms with E-state index in [0.29, 0.717) is 6.42 Å². The predicted molar refractivity (Wildman–Crippen MR) is 56.5 cm³/mol. The van der Waals surface area contributed by atoms with Crippen molar-refractivity contribution in [2.75, 3.05) is 5.32 Å². The maximum absolute atomic E-state index is 12.5. The summed E-state index contributed by atoms with van der Waals surface area (Å²) in [5, 5.41) is 11.6. The monoisotopic (exact) mass is 227 g/mol. The van der Waals surface area contributed by atoms with Crippen molar-refractivity contribution in [3.05, 3.63) is 18.2 Å². The van der Waals surface area contributed by atoms with Gasteiger partial charge in [0.25, 0.3) is 0 Å². The molecule has 0 radical (unpaired) electrons. The van der Waals surface area contributed by atoms with E-state index in [4.69, 9.17) is 5.11 Å². The molecule has 6 heteroatoms. The normalized spacial score (nSPS) is 12.5. The summed E-state index contributed by atoms with van der Waals surface area (Å²) in [6.07, 6.45) is 2.43. The highest BCUT2D eigenvalue weighted by atomic mass is 19.1. The zero-order valence-electron chi connectivity index (χ0n) is 9.14. The summed E-state index contributed by atoms with van der Waals surface area (Å²) in [6.45, 7) is 3.84. The summed E-state index contributed by atoms with van der Waals surface area (Å²) < 4.78 is 12.5. The topological polar surface area (TPSA) is 75.1 Å². The van der Waals surface area contributed by atoms with Gasteiger partial charge in [-0.3, -0.25) is 0 Å². The number of hydrogen-bond acceptors (Lipinski definition) is 4. The maximum Gasteiger partial charge on any atom is 0.326 e. The van der Waals surface area contributed by atoms with Crippen LogP contribution in [0.5, 0.6) is 0 Å². The number of aromatic nitrogens is 2. The van der Waals surface area contributed by atoms with E-state index < -0.39 is 17.8 Å². The molecule has 0 spiro atoms. The average molecular weight is 227 g/mol. The smallest absolute Gasteiger partial charge is 0.326 e. The fourth-order valence-electron chi connectivity index (χ4n) is 1.24. The molecule has 0 aliphatic carbocycles. The fraction of sp³-hybridized carbons (Fsp3) is 0.500. The van der Waals surface area contributed by atoms with Gasteiger partial charge in [-0.2, -0.15) is 0 Å². The van der Waals surface area contributed by atoms with Gasteiger partial charge in [0.1, 0.15) is 6.04 Å². The van der Waals surface area contributed by atoms with Crippen molar-refractivity contribution in [2.45, 2.75) is 26.3 Å². The molecule has 1 aromatic rings. The van der Waals surface area contributed by atoms with E-state index in [1.807, 2.05) is 13.8 Å². The molecule has 0 unspecified atom stereocenters. The summed E-state index contributed by atoms with van der Waals surface area (Å²) in [5.41, 5.74) is 0. The number of nitrogens with one attached hydrogen (secondary N) is 1. The molecule has 0 saturated heterocycles. The lowest BCUT2D eigenvalue weighted by Gasteiger charge is -2.15. The van der Waals surface area contributed by atoms with Crippen molar-refractivity contribution in [3.8, 4) is 0 Å². The minimum Gasteiger partial charge on any atom is -0.480 e. The number of anilines is 1. The van der Waals surface area contributed by atoms with Gasteiger partial charge in [-0.15, -0.1) is 0 Å². The van der Waals surface area contributed by atoms with E-state index in [2.05, 4.69) is 15.3 Å². The molecule has 1 rings (SSSR count). The van der Waals surface area contributed by atoms with Crippen molar-refractivity contribution < 1.29 is 14.3 Å². The molecule has 0 bridgehead atoms. The molecule has 0 aromatic carbocycles. The van der Waals surface area contributed by atoms with Crippen LogP contribution in [-0.4, -0.2) is 27.1 Å². The first kappa shape index (κ1) is 12.4. The largest absolute Gasteiger partial charge is 0.480 e. The van der Waals surface area contributed by atoms with E-state index in [9.17, 15) is 9.18 Å². The number of carboxylic acid groups (broad SMARTS) is 1. The quantitative estimate of drug-likeness (QED) is 0.797. The summed E-state index contributed by atoms with van der Waals surface area (Å²) in [7, 11) is 0. The Morgan fingerprint density at radius 3 is 2.50 bits per heavy atom. The van der Waals surface area contributed by atoms with E-state index in [1.165, 1.54) is 0 Å². The molecular weight excluding hydrogens is 213 g/mol. The molecule has 0 aliphatic heterocycles. The van der Waals surface area contributed by atoms with Crippen LogP contribution in [-0.2, 0) is 4.79 Å². The molecule has 1 heterocycles. The molecule has 2 N–H and O–H groups in total. The lowest BCUT2D eigenvalue weighted by atomic mass is 10.0. The summed E-state index contributed by atoms with van der Waals surface area (Å²) in [5.74, 6) is -1.17. The van der Waals surface area contributed by atoms with Crippen LogP contribution in [0.1, 0.15) is 20.3 Å². The van der Waals surface area contributed by atoms with Crippen LogP contribution in [0.15, 0.2) is 12.4 Å². The van der Waals surface area contributed by atoms with Gasteiger partial charge in [-0.25, -0.2) is 19.2 Å². The third-order valence-corrected chi connectivity index (χ3v) is 1.93. The highest BCUT2D eigenvalue weighted by Crippen LogP contribution is 2.09. The lowest BCUT2D eigenvalue weighted by molar-refractivity contribution is -0.138. The predicted octanol–water partition coefficient (Wildman–Crippen LogP) is 1.53. The minimum absolute atomic E-state index is 0.120. The van der Waals surface area contributed by atoms with Crippen molar-refractivity contribution in [1.82, 2.24) is 9.97 Å². The molecular formula is C10H14FN3O2. The Balaban J connectivity index is 2.68. The Morgan fingerprint density at radius 2 is 2.06 bits per heavy atom. The number of hydrogen-bond donors (Lipinski definition) is 2. The first-order valence-electron chi connectivity index (χ1n) is 4.96. The van der Waals surface area contributed by atoms with Crippen LogP contribution < -0.4 is 5.32 Å². The molecule has 1 aromatic heterocycles. The van der Waals surface area contributed by atoms with Gasteiger partial charge in [0, 0.05) is 0 Å². The lowest BCUT2D eigenvalue weighted by Crippen LogP contribution is -2.31. The first-order valence-corrected chi connectivity index (χ1v) is 4.96. The van der Waals surface area contributed by atoms with Crippen molar-refractivity contribution in [3.63, 3.8) is 0 Å². The summed E-state index contributed by atoms with van der Waals surface area (Å²) >= 11 is 0. The zero-order chi connectivity index (χ0) is 12.1. The first-order chi connectivity index (χ1) is 7.49. The van der Waals surface area contributed by atoms with Gasteiger partial charge < -0.3 is 10.4 Å². The Hall–Kier alpha value is -1.72. The van der Waals surface area contributed by atoms with Gasteiger partial charge in [0.15, 0.2) is 5.82 Å². The molecule has 0 aliphatic rings. The Morgan fingerprint density at radius 1 is 1.50 bits per heavy atom. The zero-order valence-corrected chi connectivity index (χ0v) is 9.14. The Labute approximate surface area is 92.7 Å². The Kier molecular flexibility index (Phi) is 4.16. The van der Waals surface area contributed by atoms with Crippen LogP contribution in [0.4, 0.5) is 10.3 Å². The highest BCUT2D eigenvalue weighted by molar-refractivity contribution is 5.76. The van der Waals surface area contributed by atoms with Gasteiger partial charge in [0.05, 0.1) is 12.4 Å². The van der Waals surface area contributed by atoms with Crippen LogP contribution in [0, 0.1) is 11.7 Å².